The smallest absolute Gasteiger partial charge is 0.352 e. The third-order valence-electron chi connectivity index (χ3n) is 5.99. The van der Waals surface area contributed by atoms with Crippen molar-refractivity contribution in [1.82, 2.24) is 15.5 Å². The van der Waals surface area contributed by atoms with Crippen LogP contribution in [-0.2, 0) is 30.6 Å². The van der Waals surface area contributed by atoms with E-state index in [-0.39, 0.29) is 18.0 Å². The molecule has 0 aromatic carbocycles. The number of nitriles is 1. The Morgan fingerprint density at radius 3 is 2.75 bits per heavy atom. The second-order valence-electron chi connectivity index (χ2n) is 8.64. The molecule has 1 saturated heterocycles. The zero-order chi connectivity index (χ0) is 28.8. The summed E-state index contributed by atoms with van der Waals surface area (Å²) in [7, 11) is 0. The Morgan fingerprint density at radius 1 is 1.32 bits per heavy atom. The molecule has 4 rings (SSSR count). The number of hydrogen-bond acceptors (Lipinski definition) is 9. The summed E-state index contributed by atoms with van der Waals surface area (Å²) in [4.78, 5) is 55.8. The topological polar surface area (TPSA) is 165 Å². The number of hydrogen-bond donors (Lipinski definition) is 3. The van der Waals surface area contributed by atoms with E-state index in [1.165, 1.54) is 41.0 Å². The molecule has 0 spiro atoms. The summed E-state index contributed by atoms with van der Waals surface area (Å²) in [6.45, 7) is 3.77. The summed E-state index contributed by atoms with van der Waals surface area (Å²) in [5.74, 6) is -2.36. The lowest BCUT2D eigenvalue weighted by atomic mass is 10.0. The highest BCUT2D eigenvalue weighted by Crippen LogP contribution is 2.40. The first-order valence-electron chi connectivity index (χ1n) is 12.1. The molecule has 14 heteroatoms. The lowest BCUT2D eigenvalue weighted by molar-refractivity contribution is -0.689. The number of thioether (sulfide) groups is 1. The van der Waals surface area contributed by atoms with Crippen molar-refractivity contribution in [2.75, 3.05) is 12.4 Å². The summed E-state index contributed by atoms with van der Waals surface area (Å²) in [6, 6.07) is 4.85. The van der Waals surface area contributed by atoms with E-state index in [0.717, 1.165) is 16.0 Å². The van der Waals surface area contributed by atoms with Crippen molar-refractivity contribution >= 4 is 58.6 Å². The molecule has 0 bridgehead atoms. The number of rotatable bonds is 10. The second kappa shape index (κ2) is 12.6. The van der Waals surface area contributed by atoms with Gasteiger partial charge in [0.1, 0.15) is 29.4 Å². The van der Waals surface area contributed by atoms with Crippen LogP contribution in [0.3, 0.4) is 0 Å². The van der Waals surface area contributed by atoms with E-state index in [0.29, 0.717) is 17.9 Å². The fourth-order valence-corrected chi connectivity index (χ4v) is 6.22. The predicted molar refractivity (Wildman–Crippen MR) is 147 cm³/mol. The molecule has 1 fully saturated rings. The number of oxime groups is 1. The van der Waals surface area contributed by atoms with Gasteiger partial charge in [-0.25, -0.2) is 9.36 Å². The quantitative estimate of drug-likeness (QED) is 0.0722. The predicted octanol–water partition coefficient (Wildman–Crippen LogP) is 1.46. The molecular formula is C26H25N6O6S2+. The Hall–Kier alpha value is -4.48. The van der Waals surface area contributed by atoms with Crippen LogP contribution in [0.5, 0.6) is 0 Å². The highest BCUT2D eigenvalue weighted by molar-refractivity contribution is 8.00. The molecule has 2 aliphatic heterocycles. The summed E-state index contributed by atoms with van der Waals surface area (Å²) in [5, 5.41) is 28.2. The van der Waals surface area contributed by atoms with Gasteiger partial charge < -0.3 is 15.3 Å². The van der Waals surface area contributed by atoms with Crippen molar-refractivity contribution in [3.63, 3.8) is 0 Å². The normalized spacial score (nSPS) is 18.6. The number of nitrogens with zero attached hydrogens (tertiary/aromatic N) is 4. The molecule has 3 amide bonds. The number of carbonyl (C=O) groups is 4. The van der Waals surface area contributed by atoms with Gasteiger partial charge in [-0.1, -0.05) is 5.16 Å². The van der Waals surface area contributed by atoms with Crippen LogP contribution in [0.2, 0.25) is 0 Å². The first-order valence-corrected chi connectivity index (χ1v) is 14.0. The summed E-state index contributed by atoms with van der Waals surface area (Å²) in [6.07, 6.45) is 8.14. The highest BCUT2D eigenvalue weighted by atomic mass is 32.2. The average Bonchev–Trinajstić information content (AvgIpc) is 3.42. The Labute approximate surface area is 237 Å². The lowest BCUT2D eigenvalue weighted by Crippen LogP contribution is -2.71. The SMILES string of the molecule is CCO/N=C(\C)C(=O)NC1C(=O)N2C(C(=O)O)=C(C[n+]3ccc(-c4csc(/C=C\C(=O)NC#N)c4)cc3)CSC12. The number of carboxylic acids is 1. The molecule has 2 atom stereocenters. The maximum absolute atomic E-state index is 12.9. The van der Waals surface area contributed by atoms with Gasteiger partial charge >= 0.3 is 5.97 Å². The summed E-state index contributed by atoms with van der Waals surface area (Å²) in [5.41, 5.74) is 2.46. The van der Waals surface area contributed by atoms with Crippen LogP contribution < -0.4 is 15.2 Å². The van der Waals surface area contributed by atoms with Crippen LogP contribution in [0.4, 0.5) is 0 Å². The van der Waals surface area contributed by atoms with Crippen molar-refractivity contribution in [3.8, 4) is 17.3 Å². The molecule has 0 aliphatic carbocycles. The van der Waals surface area contributed by atoms with E-state index in [9.17, 15) is 24.3 Å². The molecule has 2 unspecified atom stereocenters. The molecule has 12 nitrogen and oxygen atoms in total. The van der Waals surface area contributed by atoms with E-state index in [1.807, 2.05) is 45.9 Å². The van der Waals surface area contributed by atoms with Gasteiger partial charge in [0.25, 0.3) is 17.7 Å². The van der Waals surface area contributed by atoms with Gasteiger partial charge in [-0.3, -0.25) is 24.6 Å². The lowest BCUT2D eigenvalue weighted by Gasteiger charge is -2.49. The van der Waals surface area contributed by atoms with E-state index >= 15 is 0 Å². The molecule has 0 radical (unpaired) electrons. The van der Waals surface area contributed by atoms with Gasteiger partial charge in [-0.15, -0.1) is 23.1 Å². The van der Waals surface area contributed by atoms with Gasteiger partial charge in [0.15, 0.2) is 25.1 Å². The Kier molecular flexibility index (Phi) is 8.97. The largest absolute Gasteiger partial charge is 0.477 e. The molecule has 3 N–H and O–H groups in total. The van der Waals surface area contributed by atoms with Crippen LogP contribution in [0.1, 0.15) is 18.7 Å². The van der Waals surface area contributed by atoms with E-state index in [4.69, 9.17) is 10.1 Å². The Morgan fingerprint density at radius 2 is 2.08 bits per heavy atom. The Balaban J connectivity index is 1.44. The number of carbonyl (C=O) groups excluding carboxylic acids is 3. The molecule has 0 saturated carbocycles. The third-order valence-corrected chi connectivity index (χ3v) is 8.23. The second-order valence-corrected chi connectivity index (χ2v) is 10.7. The molecule has 40 heavy (non-hydrogen) atoms. The minimum atomic E-state index is -1.20. The molecule has 4 heterocycles. The summed E-state index contributed by atoms with van der Waals surface area (Å²) < 4.78 is 1.83. The number of amides is 3. The minimum absolute atomic E-state index is 0.0646. The Bertz CT molecular complexity index is 1470. The van der Waals surface area contributed by atoms with Crippen molar-refractivity contribution < 1.29 is 33.7 Å². The zero-order valence-electron chi connectivity index (χ0n) is 21.5. The van der Waals surface area contributed by atoms with Crippen LogP contribution >= 0.6 is 23.1 Å². The number of carboxylic acid groups (broad SMARTS) is 1. The maximum atomic E-state index is 12.9. The fourth-order valence-electron chi connectivity index (χ4n) is 4.08. The average molecular weight is 582 g/mol. The number of pyridine rings is 1. The maximum Gasteiger partial charge on any atom is 0.352 e. The first kappa shape index (κ1) is 28.5. The van der Waals surface area contributed by atoms with Gasteiger partial charge in [0, 0.05) is 34.4 Å². The van der Waals surface area contributed by atoms with E-state index in [2.05, 4.69) is 10.5 Å². The number of nitrogens with one attached hydrogen (secondary N) is 2. The first-order chi connectivity index (χ1) is 19.2. The molecule has 2 aliphatic rings. The van der Waals surface area contributed by atoms with Crippen molar-refractivity contribution in [2.45, 2.75) is 31.8 Å². The van der Waals surface area contributed by atoms with E-state index in [1.54, 1.807) is 19.2 Å². The van der Waals surface area contributed by atoms with Crippen LogP contribution in [0.25, 0.3) is 17.2 Å². The zero-order valence-corrected chi connectivity index (χ0v) is 23.1. The molecule has 2 aromatic heterocycles. The van der Waals surface area contributed by atoms with Crippen molar-refractivity contribution in [2.24, 2.45) is 5.16 Å². The molecular weight excluding hydrogens is 556 g/mol. The van der Waals surface area contributed by atoms with Gasteiger partial charge in [0.05, 0.1) is 0 Å². The van der Waals surface area contributed by atoms with Crippen molar-refractivity contribution in [1.29, 1.82) is 5.26 Å². The van der Waals surface area contributed by atoms with Gasteiger partial charge in [-0.05, 0) is 42.5 Å². The number of fused-ring (bicyclic) bond motifs is 1. The number of β-lactam (4-membered cyclic amide) rings is 1. The highest BCUT2D eigenvalue weighted by Gasteiger charge is 2.54. The monoisotopic (exact) mass is 581 g/mol. The third kappa shape index (κ3) is 6.22. The van der Waals surface area contributed by atoms with Gasteiger partial charge in [0.2, 0.25) is 0 Å². The minimum Gasteiger partial charge on any atom is -0.477 e. The number of thiophene rings is 1. The van der Waals surface area contributed by atoms with Gasteiger partial charge in [-0.2, -0.15) is 5.26 Å². The summed E-state index contributed by atoms with van der Waals surface area (Å²) >= 11 is 2.84. The van der Waals surface area contributed by atoms with Crippen molar-refractivity contribution in [3.05, 3.63) is 58.2 Å². The van der Waals surface area contributed by atoms with Crippen LogP contribution in [0.15, 0.2) is 58.5 Å². The van der Waals surface area contributed by atoms with Crippen LogP contribution in [-0.4, -0.2) is 63.2 Å². The molecule has 2 aromatic rings. The fraction of sp³-hybridized carbons (Fsp3) is 0.269. The molecule has 206 valence electrons. The number of aliphatic carboxylic acids is 1. The van der Waals surface area contributed by atoms with Crippen LogP contribution in [0, 0.1) is 11.5 Å². The standard InChI is InChI=1S/C26H24N6O6S2/c1-3-38-30-15(2)23(34)29-21-24(35)32-22(26(36)37)18(13-40-25(21)32)11-31-8-6-16(7-9-31)17-10-19(39-12-17)4-5-20(33)28-14-27/h4-10,12,21,25H,3,11,13H2,1-2H3,(H2-,28,29,33,34,36,37)/p+1/b5-4-,30-15+. The van der Waals surface area contributed by atoms with E-state index < -0.39 is 35.1 Å². The number of aromatic nitrogens is 1.